The molecular weight excluding hydrogens is 220 g/mol. The van der Waals surface area contributed by atoms with E-state index < -0.39 is 0 Å². The molecule has 0 aliphatic carbocycles. The zero-order valence-electron chi connectivity index (χ0n) is 9.70. The summed E-state index contributed by atoms with van der Waals surface area (Å²) in [4.78, 5) is 0. The van der Waals surface area contributed by atoms with Gasteiger partial charge in [0.2, 0.25) is 0 Å². The normalized spacial score (nSPS) is 12.5. The SMILES string of the molecule is C=CC/C(O)=C(/c1ccc(Cl)cc1)C(C)C. The van der Waals surface area contributed by atoms with E-state index >= 15 is 0 Å². The monoisotopic (exact) mass is 236 g/mol. The van der Waals surface area contributed by atoms with Crippen molar-refractivity contribution in [3.8, 4) is 0 Å². The van der Waals surface area contributed by atoms with Crippen molar-refractivity contribution in [1.29, 1.82) is 0 Å². The third-order valence-electron chi connectivity index (χ3n) is 2.38. The van der Waals surface area contributed by atoms with Crippen LogP contribution in [0.25, 0.3) is 5.57 Å². The number of benzene rings is 1. The predicted octanol–water partition coefficient (Wildman–Crippen LogP) is 4.84. The molecule has 0 saturated carbocycles. The summed E-state index contributed by atoms with van der Waals surface area (Å²) >= 11 is 5.84. The van der Waals surface area contributed by atoms with E-state index in [1.807, 2.05) is 24.3 Å². The molecule has 0 saturated heterocycles. The molecule has 1 N–H and O–H groups in total. The molecule has 1 aromatic carbocycles. The minimum Gasteiger partial charge on any atom is -0.512 e. The highest BCUT2D eigenvalue weighted by molar-refractivity contribution is 6.30. The minimum atomic E-state index is 0.265. The smallest absolute Gasteiger partial charge is 0.100 e. The summed E-state index contributed by atoms with van der Waals surface area (Å²) in [7, 11) is 0. The number of aliphatic hydroxyl groups excluding tert-OH is 1. The molecule has 0 aliphatic rings. The van der Waals surface area contributed by atoms with Gasteiger partial charge in [-0.3, -0.25) is 0 Å². The van der Waals surface area contributed by atoms with Gasteiger partial charge in [0, 0.05) is 11.4 Å². The van der Waals surface area contributed by atoms with Crippen LogP contribution in [0.3, 0.4) is 0 Å². The van der Waals surface area contributed by atoms with Crippen molar-refractivity contribution in [2.75, 3.05) is 0 Å². The summed E-state index contributed by atoms with van der Waals surface area (Å²) in [5, 5.41) is 10.7. The summed E-state index contributed by atoms with van der Waals surface area (Å²) in [6.45, 7) is 7.75. The van der Waals surface area contributed by atoms with Crippen LogP contribution in [0.1, 0.15) is 25.8 Å². The number of rotatable bonds is 4. The molecule has 1 rings (SSSR count). The number of halogens is 1. The van der Waals surface area contributed by atoms with Crippen LogP contribution in [0.4, 0.5) is 0 Å². The second kappa shape index (κ2) is 5.76. The summed E-state index contributed by atoms with van der Waals surface area (Å²) < 4.78 is 0. The van der Waals surface area contributed by atoms with Crippen LogP contribution in [0.5, 0.6) is 0 Å². The lowest BCUT2D eigenvalue weighted by atomic mass is 9.93. The first-order valence-electron chi connectivity index (χ1n) is 5.35. The van der Waals surface area contributed by atoms with Gasteiger partial charge in [-0.15, -0.1) is 6.58 Å². The number of hydrogen-bond donors (Lipinski definition) is 1. The molecule has 0 atom stereocenters. The lowest BCUT2D eigenvalue weighted by molar-refractivity contribution is 0.400. The molecule has 0 aliphatic heterocycles. The molecule has 0 spiro atoms. The number of aliphatic hydroxyl groups is 1. The van der Waals surface area contributed by atoms with Crippen LogP contribution >= 0.6 is 11.6 Å². The lowest BCUT2D eigenvalue weighted by Crippen LogP contribution is -1.98. The zero-order valence-corrected chi connectivity index (χ0v) is 10.5. The van der Waals surface area contributed by atoms with Crippen molar-refractivity contribution in [2.24, 2.45) is 5.92 Å². The van der Waals surface area contributed by atoms with Crippen LogP contribution in [-0.2, 0) is 0 Å². The molecule has 0 unspecified atom stereocenters. The Morgan fingerprint density at radius 1 is 1.38 bits per heavy atom. The van der Waals surface area contributed by atoms with E-state index in [0.29, 0.717) is 17.2 Å². The second-order valence-electron chi connectivity index (χ2n) is 4.01. The standard InChI is InChI=1S/C14H17ClO/c1-4-5-13(16)14(10(2)3)11-6-8-12(15)9-7-11/h4,6-10,16H,1,5H2,2-3H3/b14-13-. The van der Waals surface area contributed by atoms with E-state index in [2.05, 4.69) is 20.4 Å². The number of hydrogen-bond acceptors (Lipinski definition) is 1. The van der Waals surface area contributed by atoms with Crippen LogP contribution in [0.2, 0.25) is 5.02 Å². The van der Waals surface area contributed by atoms with Gasteiger partial charge in [0.25, 0.3) is 0 Å². The van der Waals surface area contributed by atoms with Gasteiger partial charge in [0.15, 0.2) is 0 Å². The molecule has 0 radical (unpaired) electrons. The highest BCUT2D eigenvalue weighted by atomic mass is 35.5. The molecule has 1 nitrogen and oxygen atoms in total. The average molecular weight is 237 g/mol. The topological polar surface area (TPSA) is 20.2 Å². The maximum Gasteiger partial charge on any atom is 0.100 e. The van der Waals surface area contributed by atoms with Crippen LogP contribution in [-0.4, -0.2) is 5.11 Å². The van der Waals surface area contributed by atoms with Gasteiger partial charge in [-0.1, -0.05) is 43.7 Å². The quantitative estimate of drug-likeness (QED) is 0.586. The summed E-state index contributed by atoms with van der Waals surface area (Å²) in [6.07, 6.45) is 2.20. The summed E-state index contributed by atoms with van der Waals surface area (Å²) in [6, 6.07) is 7.52. The highest BCUT2D eigenvalue weighted by Gasteiger charge is 2.11. The molecule has 1 aromatic rings. The first kappa shape index (κ1) is 12.9. The zero-order chi connectivity index (χ0) is 12.1. The van der Waals surface area contributed by atoms with Crippen molar-refractivity contribution < 1.29 is 5.11 Å². The van der Waals surface area contributed by atoms with E-state index in [1.165, 1.54) is 0 Å². The summed E-state index contributed by atoms with van der Waals surface area (Å²) in [5.41, 5.74) is 1.97. The van der Waals surface area contributed by atoms with Crippen molar-refractivity contribution in [1.82, 2.24) is 0 Å². The fourth-order valence-electron chi connectivity index (χ4n) is 1.71. The van der Waals surface area contributed by atoms with Crippen LogP contribution in [0.15, 0.2) is 42.7 Å². The van der Waals surface area contributed by atoms with Gasteiger partial charge in [-0.25, -0.2) is 0 Å². The van der Waals surface area contributed by atoms with E-state index in [9.17, 15) is 5.11 Å². The fourth-order valence-corrected chi connectivity index (χ4v) is 1.84. The van der Waals surface area contributed by atoms with Crippen molar-refractivity contribution in [3.63, 3.8) is 0 Å². The van der Waals surface area contributed by atoms with Crippen molar-refractivity contribution in [2.45, 2.75) is 20.3 Å². The lowest BCUT2D eigenvalue weighted by Gasteiger charge is -2.14. The van der Waals surface area contributed by atoms with Gasteiger partial charge in [-0.2, -0.15) is 0 Å². The van der Waals surface area contributed by atoms with Gasteiger partial charge >= 0.3 is 0 Å². The van der Waals surface area contributed by atoms with E-state index in [-0.39, 0.29) is 5.92 Å². The molecule has 0 bridgehead atoms. The van der Waals surface area contributed by atoms with Crippen LogP contribution < -0.4 is 0 Å². The molecule has 16 heavy (non-hydrogen) atoms. The number of allylic oxidation sites excluding steroid dienone is 2. The minimum absolute atomic E-state index is 0.265. The maximum absolute atomic E-state index is 9.98. The molecule has 0 fully saturated rings. The maximum atomic E-state index is 9.98. The Kier molecular flexibility index (Phi) is 4.63. The van der Waals surface area contributed by atoms with E-state index in [1.54, 1.807) is 6.08 Å². The van der Waals surface area contributed by atoms with E-state index in [4.69, 9.17) is 11.6 Å². The highest BCUT2D eigenvalue weighted by Crippen LogP contribution is 2.28. The summed E-state index contributed by atoms with van der Waals surface area (Å²) in [5.74, 6) is 0.647. The molecular formula is C14H17ClO. The fraction of sp³-hybridized carbons (Fsp3) is 0.286. The first-order valence-corrected chi connectivity index (χ1v) is 5.73. The van der Waals surface area contributed by atoms with Gasteiger partial charge < -0.3 is 5.11 Å². The first-order chi connectivity index (χ1) is 7.56. The Balaban J connectivity index is 3.17. The molecule has 2 heteroatoms. The third-order valence-corrected chi connectivity index (χ3v) is 2.63. The van der Waals surface area contributed by atoms with Crippen LogP contribution in [0, 0.1) is 5.92 Å². The Labute approximate surface area is 102 Å². The Morgan fingerprint density at radius 3 is 2.38 bits per heavy atom. The second-order valence-corrected chi connectivity index (χ2v) is 4.45. The third kappa shape index (κ3) is 3.14. The van der Waals surface area contributed by atoms with E-state index in [0.717, 1.165) is 11.1 Å². The van der Waals surface area contributed by atoms with Crippen molar-refractivity contribution >= 4 is 17.2 Å². The van der Waals surface area contributed by atoms with Gasteiger partial charge in [-0.05, 0) is 29.2 Å². The molecule has 86 valence electrons. The predicted molar refractivity (Wildman–Crippen MR) is 70.7 cm³/mol. The van der Waals surface area contributed by atoms with Gasteiger partial charge in [0.05, 0.1) is 0 Å². The Bertz CT molecular complexity index is 388. The van der Waals surface area contributed by atoms with Crippen molar-refractivity contribution in [3.05, 3.63) is 53.3 Å². The Hall–Kier alpha value is -1.21. The molecule has 0 aromatic heterocycles. The Morgan fingerprint density at radius 2 is 1.94 bits per heavy atom. The molecule has 0 heterocycles. The molecule has 0 amide bonds. The largest absolute Gasteiger partial charge is 0.512 e. The van der Waals surface area contributed by atoms with Gasteiger partial charge in [0.1, 0.15) is 5.76 Å². The average Bonchev–Trinajstić information content (AvgIpc) is 2.21.